The van der Waals surface area contributed by atoms with E-state index in [4.69, 9.17) is 20.9 Å². The van der Waals surface area contributed by atoms with Crippen LogP contribution in [0.4, 0.5) is 5.95 Å². The molecule has 114 valence electrons. The number of nitrogens with zero attached hydrogens (tertiary/aromatic N) is 4. The van der Waals surface area contributed by atoms with Gasteiger partial charge in [-0.2, -0.15) is 15.0 Å². The Bertz CT molecular complexity index is 597. The molecule has 1 N–H and O–H groups in total. The lowest BCUT2D eigenvalue weighted by Gasteiger charge is -2.14. The van der Waals surface area contributed by atoms with E-state index < -0.39 is 0 Å². The molecule has 2 rings (SSSR count). The van der Waals surface area contributed by atoms with E-state index in [1.54, 1.807) is 0 Å². The Morgan fingerprint density at radius 3 is 2.67 bits per heavy atom. The van der Waals surface area contributed by atoms with Crippen LogP contribution in [0.2, 0.25) is 5.28 Å². The van der Waals surface area contributed by atoms with Crippen molar-refractivity contribution in [1.82, 2.24) is 20.1 Å². The summed E-state index contributed by atoms with van der Waals surface area (Å²) in [5.74, 6) is 1.11. The Morgan fingerprint density at radius 1 is 1.29 bits per heavy atom. The Morgan fingerprint density at radius 2 is 2.05 bits per heavy atom. The molecule has 0 aliphatic carbocycles. The van der Waals surface area contributed by atoms with Crippen LogP contribution in [0.25, 0.3) is 0 Å². The number of aromatic nitrogens is 4. The summed E-state index contributed by atoms with van der Waals surface area (Å²) >= 11 is 5.89. The standard InChI is InChI=1S/C13H18ClN5O2/c1-5-6-20-13-17-11(14)16-12(18-13)15-7(2)10-8(3)19-21-9(10)4/h7H,5-6H2,1-4H3,(H,15,16,17,18). The summed E-state index contributed by atoms with van der Waals surface area (Å²) in [6, 6.07) is 0.138. The average molecular weight is 312 g/mol. The van der Waals surface area contributed by atoms with Crippen LogP contribution in [0.1, 0.15) is 43.3 Å². The molecule has 0 fully saturated rings. The van der Waals surface area contributed by atoms with Crippen LogP contribution < -0.4 is 10.1 Å². The lowest BCUT2D eigenvalue weighted by Crippen LogP contribution is -2.12. The smallest absolute Gasteiger partial charge is 0.322 e. The molecule has 0 aromatic carbocycles. The summed E-state index contributed by atoms with van der Waals surface area (Å²) in [6.45, 7) is 8.25. The fourth-order valence-electron chi connectivity index (χ4n) is 2.03. The summed E-state index contributed by atoms with van der Waals surface area (Å²) in [5.41, 5.74) is 1.80. The van der Waals surface area contributed by atoms with Crippen molar-refractivity contribution in [3.63, 3.8) is 0 Å². The van der Waals surface area contributed by atoms with E-state index in [2.05, 4.69) is 25.4 Å². The van der Waals surface area contributed by atoms with Gasteiger partial charge in [-0.1, -0.05) is 12.1 Å². The van der Waals surface area contributed by atoms with E-state index in [1.807, 2.05) is 27.7 Å². The molecule has 21 heavy (non-hydrogen) atoms. The molecule has 0 amide bonds. The van der Waals surface area contributed by atoms with Gasteiger partial charge in [-0.25, -0.2) is 0 Å². The van der Waals surface area contributed by atoms with Crippen LogP contribution in [0.5, 0.6) is 6.01 Å². The first-order valence-electron chi connectivity index (χ1n) is 6.75. The van der Waals surface area contributed by atoms with Crippen LogP contribution in [0, 0.1) is 13.8 Å². The SMILES string of the molecule is CCCOc1nc(Cl)nc(NC(C)c2c(C)noc2C)n1. The van der Waals surface area contributed by atoms with Gasteiger partial charge in [-0.15, -0.1) is 0 Å². The predicted octanol–water partition coefficient (Wildman–Crippen LogP) is 3.09. The minimum atomic E-state index is -0.0752. The fraction of sp³-hybridized carbons (Fsp3) is 0.538. The monoisotopic (exact) mass is 311 g/mol. The van der Waals surface area contributed by atoms with Crippen LogP contribution in [-0.2, 0) is 0 Å². The number of rotatable bonds is 6. The highest BCUT2D eigenvalue weighted by Gasteiger charge is 2.18. The van der Waals surface area contributed by atoms with Crippen molar-refractivity contribution in [2.45, 2.75) is 40.2 Å². The Hall–Kier alpha value is -1.89. The van der Waals surface area contributed by atoms with Gasteiger partial charge in [0.15, 0.2) is 0 Å². The molecular formula is C13H18ClN5O2. The van der Waals surface area contributed by atoms with Gasteiger partial charge >= 0.3 is 6.01 Å². The molecule has 2 heterocycles. The lowest BCUT2D eigenvalue weighted by atomic mass is 10.1. The molecule has 0 saturated heterocycles. The minimum Gasteiger partial charge on any atom is -0.463 e. The second-order valence-corrected chi connectivity index (χ2v) is 5.00. The maximum absolute atomic E-state index is 5.89. The topological polar surface area (TPSA) is 86.0 Å². The second-order valence-electron chi connectivity index (χ2n) is 4.66. The molecule has 0 aliphatic heterocycles. The van der Waals surface area contributed by atoms with E-state index in [0.29, 0.717) is 12.6 Å². The zero-order chi connectivity index (χ0) is 15.4. The number of hydrogen-bond acceptors (Lipinski definition) is 7. The van der Waals surface area contributed by atoms with Crippen LogP contribution >= 0.6 is 11.6 Å². The Kier molecular flexibility index (Phi) is 4.95. The highest BCUT2D eigenvalue weighted by molar-refractivity contribution is 6.28. The van der Waals surface area contributed by atoms with Gasteiger partial charge in [0.2, 0.25) is 11.2 Å². The Labute approximate surface area is 128 Å². The summed E-state index contributed by atoms with van der Waals surface area (Å²) in [5, 5.41) is 7.18. The molecule has 1 unspecified atom stereocenters. The van der Waals surface area contributed by atoms with Crippen molar-refractivity contribution in [3.05, 3.63) is 22.3 Å². The number of hydrogen-bond donors (Lipinski definition) is 1. The number of halogens is 1. The van der Waals surface area contributed by atoms with E-state index in [1.165, 1.54) is 0 Å². The lowest BCUT2D eigenvalue weighted by molar-refractivity contribution is 0.291. The normalized spacial score (nSPS) is 12.2. The molecule has 1 atom stereocenters. The maximum atomic E-state index is 5.89. The molecule has 0 bridgehead atoms. The first-order chi connectivity index (χ1) is 10.0. The first kappa shape index (κ1) is 15.5. The van der Waals surface area contributed by atoms with Crippen molar-refractivity contribution in [2.24, 2.45) is 0 Å². The predicted molar refractivity (Wildman–Crippen MR) is 78.6 cm³/mol. The molecule has 2 aromatic rings. The van der Waals surface area contributed by atoms with Crippen LogP contribution in [-0.4, -0.2) is 26.7 Å². The summed E-state index contributed by atoms with van der Waals surface area (Å²) in [6.07, 6.45) is 0.863. The van der Waals surface area contributed by atoms with E-state index in [0.717, 1.165) is 23.4 Å². The van der Waals surface area contributed by atoms with Crippen molar-refractivity contribution in [2.75, 3.05) is 11.9 Å². The molecule has 0 radical (unpaired) electrons. The van der Waals surface area contributed by atoms with Crippen molar-refractivity contribution >= 4 is 17.5 Å². The number of aryl methyl sites for hydroxylation is 2. The first-order valence-corrected chi connectivity index (χ1v) is 7.12. The Balaban J connectivity index is 2.17. The average Bonchev–Trinajstić information content (AvgIpc) is 2.75. The van der Waals surface area contributed by atoms with Gasteiger partial charge in [0, 0.05) is 5.56 Å². The molecule has 0 saturated carbocycles. The summed E-state index contributed by atoms with van der Waals surface area (Å²) in [4.78, 5) is 12.2. The van der Waals surface area contributed by atoms with Gasteiger partial charge in [-0.3, -0.25) is 0 Å². The largest absolute Gasteiger partial charge is 0.463 e. The van der Waals surface area contributed by atoms with Gasteiger partial charge in [-0.05, 0) is 38.8 Å². The molecular weight excluding hydrogens is 294 g/mol. The third-order valence-electron chi connectivity index (χ3n) is 2.89. The second kappa shape index (κ2) is 6.71. The number of anilines is 1. The van der Waals surface area contributed by atoms with Gasteiger partial charge in [0.05, 0.1) is 18.3 Å². The maximum Gasteiger partial charge on any atom is 0.322 e. The van der Waals surface area contributed by atoms with Gasteiger partial charge in [0.1, 0.15) is 5.76 Å². The number of ether oxygens (including phenoxy) is 1. The van der Waals surface area contributed by atoms with Crippen molar-refractivity contribution in [1.29, 1.82) is 0 Å². The zero-order valence-corrected chi connectivity index (χ0v) is 13.2. The molecule has 7 nitrogen and oxygen atoms in total. The molecule has 0 aliphatic rings. The van der Waals surface area contributed by atoms with Crippen LogP contribution in [0.3, 0.4) is 0 Å². The highest BCUT2D eigenvalue weighted by Crippen LogP contribution is 2.24. The molecule has 2 aromatic heterocycles. The van der Waals surface area contributed by atoms with E-state index >= 15 is 0 Å². The zero-order valence-electron chi connectivity index (χ0n) is 12.5. The van der Waals surface area contributed by atoms with Crippen LogP contribution in [0.15, 0.2) is 4.52 Å². The van der Waals surface area contributed by atoms with E-state index in [9.17, 15) is 0 Å². The summed E-state index contributed by atoms with van der Waals surface area (Å²) < 4.78 is 10.5. The third kappa shape index (κ3) is 3.81. The summed E-state index contributed by atoms with van der Waals surface area (Å²) in [7, 11) is 0. The molecule has 0 spiro atoms. The minimum absolute atomic E-state index is 0.0752. The quantitative estimate of drug-likeness (QED) is 0.877. The highest BCUT2D eigenvalue weighted by atomic mass is 35.5. The van der Waals surface area contributed by atoms with Gasteiger partial charge < -0.3 is 14.6 Å². The molecule has 8 heteroatoms. The fourth-order valence-corrected chi connectivity index (χ4v) is 2.18. The van der Waals surface area contributed by atoms with E-state index in [-0.39, 0.29) is 17.3 Å². The van der Waals surface area contributed by atoms with Gasteiger partial charge in [0.25, 0.3) is 0 Å². The van der Waals surface area contributed by atoms with Crippen molar-refractivity contribution < 1.29 is 9.26 Å². The van der Waals surface area contributed by atoms with Crippen molar-refractivity contribution in [3.8, 4) is 6.01 Å². The third-order valence-corrected chi connectivity index (χ3v) is 3.06. The number of nitrogens with one attached hydrogen (secondary N) is 1.